The standard InChI is InChI=1S/C27H42N2O2/c1-4-6-8-10-11-12-14-22-30-27-21-20-26(28-29-27)24-16-18-25(19-17-24)31-23(3)15-13-9-7-5-2/h16-21,23H,4-15,22H2,1-3H3. The van der Waals surface area contributed by atoms with Crippen molar-refractivity contribution in [2.24, 2.45) is 0 Å². The van der Waals surface area contributed by atoms with Crippen molar-refractivity contribution in [3.63, 3.8) is 0 Å². The fourth-order valence-corrected chi connectivity index (χ4v) is 3.64. The second-order valence-electron chi connectivity index (χ2n) is 8.53. The van der Waals surface area contributed by atoms with E-state index in [9.17, 15) is 0 Å². The normalized spacial score (nSPS) is 12.0. The lowest BCUT2D eigenvalue weighted by molar-refractivity contribution is 0.206. The van der Waals surface area contributed by atoms with Crippen molar-refractivity contribution in [2.45, 2.75) is 104 Å². The Morgan fingerprint density at radius 1 is 0.710 bits per heavy atom. The molecule has 2 aromatic rings. The molecule has 0 radical (unpaired) electrons. The molecule has 0 spiro atoms. The van der Waals surface area contributed by atoms with Crippen LogP contribution in [-0.2, 0) is 0 Å². The zero-order chi connectivity index (χ0) is 22.2. The maximum atomic E-state index is 6.04. The molecule has 0 aliphatic rings. The molecule has 0 amide bonds. The Hall–Kier alpha value is -2.10. The van der Waals surface area contributed by atoms with Crippen LogP contribution < -0.4 is 9.47 Å². The number of nitrogens with zero attached hydrogens (tertiary/aromatic N) is 2. The van der Waals surface area contributed by atoms with E-state index in [1.807, 2.05) is 36.4 Å². The van der Waals surface area contributed by atoms with Gasteiger partial charge in [0, 0.05) is 11.6 Å². The first-order valence-electron chi connectivity index (χ1n) is 12.5. The summed E-state index contributed by atoms with van der Waals surface area (Å²) >= 11 is 0. The van der Waals surface area contributed by atoms with Crippen molar-refractivity contribution >= 4 is 0 Å². The van der Waals surface area contributed by atoms with Gasteiger partial charge in [-0.25, -0.2) is 0 Å². The molecule has 2 rings (SSSR count). The van der Waals surface area contributed by atoms with E-state index < -0.39 is 0 Å². The molecule has 0 saturated carbocycles. The van der Waals surface area contributed by atoms with Crippen molar-refractivity contribution in [2.75, 3.05) is 6.61 Å². The number of rotatable bonds is 17. The lowest BCUT2D eigenvalue weighted by atomic mass is 10.1. The van der Waals surface area contributed by atoms with Gasteiger partial charge in [0.05, 0.1) is 18.4 Å². The van der Waals surface area contributed by atoms with Gasteiger partial charge in [0.1, 0.15) is 5.75 Å². The van der Waals surface area contributed by atoms with Gasteiger partial charge in [0.25, 0.3) is 0 Å². The van der Waals surface area contributed by atoms with Crippen LogP contribution in [0.4, 0.5) is 0 Å². The Bertz CT molecular complexity index is 685. The van der Waals surface area contributed by atoms with E-state index in [2.05, 4.69) is 31.0 Å². The van der Waals surface area contributed by atoms with E-state index in [1.165, 1.54) is 64.2 Å². The van der Waals surface area contributed by atoms with Crippen molar-refractivity contribution in [1.82, 2.24) is 10.2 Å². The van der Waals surface area contributed by atoms with Crippen LogP contribution in [0.1, 0.15) is 97.8 Å². The van der Waals surface area contributed by atoms with Gasteiger partial charge in [0.15, 0.2) is 0 Å². The average molecular weight is 427 g/mol. The van der Waals surface area contributed by atoms with E-state index in [1.54, 1.807) is 0 Å². The lowest BCUT2D eigenvalue weighted by Gasteiger charge is -2.15. The number of ether oxygens (including phenoxy) is 2. The second-order valence-corrected chi connectivity index (χ2v) is 8.53. The van der Waals surface area contributed by atoms with E-state index in [0.29, 0.717) is 12.5 Å². The van der Waals surface area contributed by atoms with Crippen LogP contribution in [-0.4, -0.2) is 22.9 Å². The van der Waals surface area contributed by atoms with Crippen LogP contribution >= 0.6 is 0 Å². The van der Waals surface area contributed by atoms with Gasteiger partial charge in [0.2, 0.25) is 5.88 Å². The molecule has 1 atom stereocenters. The van der Waals surface area contributed by atoms with E-state index in [4.69, 9.17) is 9.47 Å². The molecule has 0 N–H and O–H groups in total. The molecule has 172 valence electrons. The Balaban J connectivity index is 1.69. The highest BCUT2D eigenvalue weighted by atomic mass is 16.5. The molecular weight excluding hydrogens is 384 g/mol. The molecule has 0 aliphatic heterocycles. The topological polar surface area (TPSA) is 44.2 Å². The number of aromatic nitrogens is 2. The van der Waals surface area contributed by atoms with Crippen molar-refractivity contribution in [1.29, 1.82) is 0 Å². The summed E-state index contributed by atoms with van der Waals surface area (Å²) in [4.78, 5) is 0. The highest BCUT2D eigenvalue weighted by Gasteiger charge is 2.06. The summed E-state index contributed by atoms with van der Waals surface area (Å²) in [5.74, 6) is 1.51. The minimum Gasteiger partial charge on any atom is -0.491 e. The van der Waals surface area contributed by atoms with Crippen LogP contribution in [0.15, 0.2) is 36.4 Å². The van der Waals surface area contributed by atoms with Gasteiger partial charge in [-0.05, 0) is 56.5 Å². The first-order valence-corrected chi connectivity index (χ1v) is 12.5. The lowest BCUT2D eigenvalue weighted by Crippen LogP contribution is -2.11. The maximum Gasteiger partial charge on any atom is 0.233 e. The molecule has 0 aliphatic carbocycles. The largest absolute Gasteiger partial charge is 0.491 e. The maximum absolute atomic E-state index is 6.04. The van der Waals surface area contributed by atoms with Gasteiger partial charge >= 0.3 is 0 Å². The molecule has 31 heavy (non-hydrogen) atoms. The van der Waals surface area contributed by atoms with Crippen molar-refractivity contribution in [3.05, 3.63) is 36.4 Å². The molecule has 1 unspecified atom stereocenters. The van der Waals surface area contributed by atoms with E-state index >= 15 is 0 Å². The summed E-state index contributed by atoms with van der Waals surface area (Å²) in [7, 11) is 0. The van der Waals surface area contributed by atoms with Gasteiger partial charge in [-0.15, -0.1) is 10.2 Å². The van der Waals surface area contributed by atoms with Gasteiger partial charge in [-0.3, -0.25) is 0 Å². The molecule has 1 aromatic heterocycles. The molecule has 0 saturated heterocycles. The minimum atomic E-state index is 0.246. The van der Waals surface area contributed by atoms with E-state index in [-0.39, 0.29) is 6.10 Å². The van der Waals surface area contributed by atoms with Crippen LogP contribution in [0, 0.1) is 0 Å². The van der Waals surface area contributed by atoms with E-state index in [0.717, 1.165) is 29.8 Å². The fraction of sp³-hybridized carbons (Fsp3) is 0.630. The first-order chi connectivity index (χ1) is 15.2. The molecule has 1 heterocycles. The average Bonchev–Trinajstić information content (AvgIpc) is 2.79. The van der Waals surface area contributed by atoms with Gasteiger partial charge < -0.3 is 9.47 Å². The Morgan fingerprint density at radius 3 is 2.00 bits per heavy atom. The third kappa shape index (κ3) is 10.7. The van der Waals surface area contributed by atoms with Gasteiger partial charge in [-0.1, -0.05) is 71.6 Å². The number of benzene rings is 1. The zero-order valence-electron chi connectivity index (χ0n) is 19.9. The van der Waals surface area contributed by atoms with Crippen LogP contribution in [0.2, 0.25) is 0 Å². The third-order valence-electron chi connectivity index (χ3n) is 5.59. The summed E-state index contributed by atoms with van der Waals surface area (Å²) in [5, 5.41) is 8.56. The predicted octanol–water partition coefficient (Wildman–Crippen LogP) is 8.01. The predicted molar refractivity (Wildman–Crippen MR) is 130 cm³/mol. The summed E-state index contributed by atoms with van der Waals surface area (Å²) in [5.41, 5.74) is 1.89. The summed E-state index contributed by atoms with van der Waals surface area (Å²) in [6, 6.07) is 12.0. The molecule has 4 nitrogen and oxygen atoms in total. The molecule has 1 aromatic carbocycles. The quantitative estimate of drug-likeness (QED) is 0.240. The number of hydrogen-bond acceptors (Lipinski definition) is 4. The highest BCUT2D eigenvalue weighted by Crippen LogP contribution is 2.23. The molecule has 0 bridgehead atoms. The van der Waals surface area contributed by atoms with Crippen LogP contribution in [0.25, 0.3) is 11.3 Å². The smallest absolute Gasteiger partial charge is 0.233 e. The minimum absolute atomic E-state index is 0.246. The van der Waals surface area contributed by atoms with Crippen LogP contribution in [0.3, 0.4) is 0 Å². The van der Waals surface area contributed by atoms with Crippen LogP contribution in [0.5, 0.6) is 11.6 Å². The zero-order valence-corrected chi connectivity index (χ0v) is 19.9. The van der Waals surface area contributed by atoms with Gasteiger partial charge in [-0.2, -0.15) is 0 Å². The summed E-state index contributed by atoms with van der Waals surface area (Å²) < 4.78 is 11.8. The monoisotopic (exact) mass is 426 g/mol. The highest BCUT2D eigenvalue weighted by molar-refractivity contribution is 5.59. The number of hydrogen-bond donors (Lipinski definition) is 0. The first kappa shape index (κ1) is 25.2. The molecular formula is C27H42N2O2. The summed E-state index contributed by atoms with van der Waals surface area (Å²) in [6.45, 7) is 7.35. The Labute approximate surface area is 189 Å². The Kier molecular flexibility index (Phi) is 12.7. The molecule has 4 heteroatoms. The van der Waals surface area contributed by atoms with Crippen molar-refractivity contribution < 1.29 is 9.47 Å². The van der Waals surface area contributed by atoms with Crippen molar-refractivity contribution in [3.8, 4) is 22.9 Å². The molecule has 0 fully saturated rings. The SMILES string of the molecule is CCCCCCCCCOc1ccc(-c2ccc(OC(C)CCCCCC)cc2)nn1. The number of unbranched alkanes of at least 4 members (excludes halogenated alkanes) is 9. The fourth-order valence-electron chi connectivity index (χ4n) is 3.64. The second kappa shape index (κ2) is 15.7. The summed E-state index contributed by atoms with van der Waals surface area (Å²) in [6.07, 6.45) is 15.4. The Morgan fingerprint density at radius 2 is 1.35 bits per heavy atom. The third-order valence-corrected chi connectivity index (χ3v) is 5.59.